The van der Waals surface area contributed by atoms with Crippen molar-refractivity contribution in [1.29, 1.82) is 0 Å². The van der Waals surface area contributed by atoms with Gasteiger partial charge in [-0.3, -0.25) is 0 Å². The molecule has 2 aliphatic rings. The Kier molecular flexibility index (Phi) is 5.78. The van der Waals surface area contributed by atoms with Crippen molar-refractivity contribution in [2.45, 2.75) is 95.7 Å². The first-order chi connectivity index (χ1) is 8.76. The van der Waals surface area contributed by atoms with E-state index >= 15 is 0 Å². The highest BCUT2D eigenvalue weighted by Crippen LogP contribution is 2.49. The predicted molar refractivity (Wildman–Crippen MR) is 85.0 cm³/mol. The molecule has 0 saturated heterocycles. The zero-order valence-corrected chi connectivity index (χ0v) is 14.1. The molecule has 1 heteroatoms. The van der Waals surface area contributed by atoms with E-state index in [0.29, 0.717) is 0 Å². The van der Waals surface area contributed by atoms with Gasteiger partial charge in [0.1, 0.15) is 0 Å². The maximum absolute atomic E-state index is 2.73. The molecule has 0 radical (unpaired) electrons. The van der Waals surface area contributed by atoms with Crippen molar-refractivity contribution in [3.05, 3.63) is 0 Å². The molecule has 0 bridgehead atoms. The Balaban J connectivity index is 1.85. The summed E-state index contributed by atoms with van der Waals surface area (Å²) in [6.45, 7) is 7.48. The van der Waals surface area contributed by atoms with Gasteiger partial charge in [0.05, 0.1) is 0 Å². The molecule has 0 aliphatic heterocycles. The van der Waals surface area contributed by atoms with Crippen LogP contribution in [0.25, 0.3) is 0 Å². The summed E-state index contributed by atoms with van der Waals surface area (Å²) in [4.78, 5) is 0. The van der Waals surface area contributed by atoms with Gasteiger partial charge in [-0.05, 0) is 22.9 Å². The fraction of sp³-hybridized carbons (Fsp3) is 1.00. The van der Waals surface area contributed by atoms with Crippen LogP contribution in [-0.2, 0) is 0 Å². The topological polar surface area (TPSA) is 0 Å². The molecule has 0 amide bonds. The summed E-state index contributed by atoms with van der Waals surface area (Å²) in [5.41, 5.74) is 2.43. The largest absolute Gasteiger partial charge is 0.0716 e. The molecule has 0 N–H and O–H groups in total. The van der Waals surface area contributed by atoms with Crippen molar-refractivity contribution in [1.82, 2.24) is 0 Å². The third-order valence-electron chi connectivity index (χ3n) is 6.07. The fourth-order valence-corrected chi connectivity index (χ4v) is 9.33. The maximum atomic E-state index is 2.73. The van der Waals surface area contributed by atoms with Crippen LogP contribution in [0.4, 0.5) is 0 Å². The van der Waals surface area contributed by atoms with E-state index in [1.807, 2.05) is 0 Å². The van der Waals surface area contributed by atoms with Gasteiger partial charge in [0.25, 0.3) is 0 Å². The molecule has 18 heavy (non-hydrogen) atoms. The lowest BCUT2D eigenvalue weighted by Gasteiger charge is -2.29. The number of hydrogen-bond acceptors (Lipinski definition) is 0. The van der Waals surface area contributed by atoms with E-state index in [1.165, 1.54) is 36.8 Å². The summed E-state index contributed by atoms with van der Waals surface area (Å²) in [6, 6.07) is 0. The second-order valence-corrected chi connectivity index (χ2v) is 10.7. The van der Waals surface area contributed by atoms with E-state index in [9.17, 15) is 0 Å². The average Bonchev–Trinajstić information content (AvgIpc) is 2.98. The Morgan fingerprint density at radius 3 is 2.44 bits per heavy atom. The molecule has 0 nitrogen and oxygen atoms in total. The molecule has 2 aliphatic carbocycles. The standard InChI is InChI=1S/C17H34Si/c1-4-7-14-11-12-16(13-14)18(3)17-10-6-9-15(17)8-5-2/h14-18H,4-13H2,1-3H3. The van der Waals surface area contributed by atoms with Crippen LogP contribution in [0.1, 0.15) is 78.1 Å². The summed E-state index contributed by atoms with van der Waals surface area (Å²) in [6.07, 6.45) is 15.4. The first-order valence-electron chi connectivity index (χ1n) is 8.76. The van der Waals surface area contributed by atoms with E-state index in [2.05, 4.69) is 20.4 Å². The van der Waals surface area contributed by atoms with Gasteiger partial charge in [-0.25, -0.2) is 0 Å². The monoisotopic (exact) mass is 266 g/mol. The predicted octanol–water partition coefficient (Wildman–Crippen LogP) is 5.78. The highest BCUT2D eigenvalue weighted by Gasteiger charge is 2.38. The van der Waals surface area contributed by atoms with Crippen LogP contribution in [0.5, 0.6) is 0 Å². The molecule has 0 heterocycles. The normalized spacial score (nSPS) is 38.2. The molecule has 0 aromatic rings. The van der Waals surface area contributed by atoms with E-state index in [-0.39, 0.29) is 0 Å². The molecule has 2 rings (SSSR count). The van der Waals surface area contributed by atoms with E-state index in [1.54, 1.807) is 38.5 Å². The van der Waals surface area contributed by atoms with Crippen molar-refractivity contribution in [2.75, 3.05) is 0 Å². The van der Waals surface area contributed by atoms with Crippen LogP contribution >= 0.6 is 0 Å². The Morgan fingerprint density at radius 1 is 0.944 bits per heavy atom. The lowest BCUT2D eigenvalue weighted by Crippen LogP contribution is -2.25. The van der Waals surface area contributed by atoms with E-state index in [4.69, 9.17) is 0 Å². The van der Waals surface area contributed by atoms with Crippen molar-refractivity contribution in [2.24, 2.45) is 11.8 Å². The van der Waals surface area contributed by atoms with Gasteiger partial charge in [0, 0.05) is 8.80 Å². The second kappa shape index (κ2) is 7.12. The van der Waals surface area contributed by atoms with Crippen LogP contribution in [0.3, 0.4) is 0 Å². The van der Waals surface area contributed by atoms with Crippen LogP contribution < -0.4 is 0 Å². The van der Waals surface area contributed by atoms with E-state index in [0.717, 1.165) is 11.8 Å². The van der Waals surface area contributed by atoms with Crippen molar-refractivity contribution < 1.29 is 0 Å². The smallest absolute Gasteiger partial charge is 0.0402 e. The molecule has 0 aromatic heterocycles. The Hall–Kier alpha value is 0.217. The first-order valence-corrected chi connectivity index (χ1v) is 11.2. The molecule has 5 atom stereocenters. The van der Waals surface area contributed by atoms with Crippen LogP contribution in [0.15, 0.2) is 0 Å². The SMILES string of the molecule is CCCC1CCC([SiH](C)C2CCCC2CCC)C1. The van der Waals surface area contributed by atoms with Crippen molar-refractivity contribution >= 4 is 8.80 Å². The molecular weight excluding hydrogens is 232 g/mol. The molecule has 0 aromatic carbocycles. The highest BCUT2D eigenvalue weighted by atomic mass is 28.3. The Bertz CT molecular complexity index is 238. The van der Waals surface area contributed by atoms with Gasteiger partial charge in [-0.15, -0.1) is 0 Å². The molecule has 2 saturated carbocycles. The van der Waals surface area contributed by atoms with Gasteiger partial charge in [0.15, 0.2) is 0 Å². The molecule has 2 fully saturated rings. The molecular formula is C17H34Si. The minimum atomic E-state index is -0.460. The quantitative estimate of drug-likeness (QED) is 0.534. The minimum Gasteiger partial charge on any atom is -0.0716 e. The van der Waals surface area contributed by atoms with Crippen molar-refractivity contribution in [3.63, 3.8) is 0 Å². The van der Waals surface area contributed by atoms with E-state index < -0.39 is 8.80 Å². The van der Waals surface area contributed by atoms with Crippen molar-refractivity contribution in [3.8, 4) is 0 Å². The lowest BCUT2D eigenvalue weighted by molar-refractivity contribution is 0.481. The average molecular weight is 267 g/mol. The lowest BCUT2D eigenvalue weighted by atomic mass is 10.0. The van der Waals surface area contributed by atoms with Gasteiger partial charge >= 0.3 is 0 Å². The molecule has 106 valence electrons. The number of hydrogen-bond donors (Lipinski definition) is 0. The van der Waals surface area contributed by atoms with Gasteiger partial charge in [-0.1, -0.05) is 84.6 Å². The van der Waals surface area contributed by atoms with Gasteiger partial charge in [-0.2, -0.15) is 0 Å². The summed E-state index contributed by atoms with van der Waals surface area (Å²) < 4.78 is 0. The van der Waals surface area contributed by atoms with Crippen LogP contribution in [0, 0.1) is 11.8 Å². The maximum Gasteiger partial charge on any atom is 0.0402 e. The zero-order chi connectivity index (χ0) is 13.0. The molecule has 5 unspecified atom stereocenters. The van der Waals surface area contributed by atoms with Crippen LogP contribution in [0.2, 0.25) is 17.6 Å². The van der Waals surface area contributed by atoms with Gasteiger partial charge < -0.3 is 0 Å². The minimum absolute atomic E-state index is 0.460. The fourth-order valence-electron chi connectivity index (χ4n) is 5.10. The zero-order valence-electron chi connectivity index (χ0n) is 13.0. The summed E-state index contributed by atoms with van der Waals surface area (Å²) in [7, 11) is -0.460. The third kappa shape index (κ3) is 3.40. The first kappa shape index (κ1) is 14.6. The summed E-state index contributed by atoms with van der Waals surface area (Å²) >= 11 is 0. The Labute approximate surface area is 117 Å². The Morgan fingerprint density at radius 2 is 1.72 bits per heavy atom. The van der Waals surface area contributed by atoms with Crippen LogP contribution in [-0.4, -0.2) is 8.80 Å². The third-order valence-corrected chi connectivity index (χ3v) is 10.4. The summed E-state index contributed by atoms with van der Waals surface area (Å²) in [5.74, 6) is 2.25. The molecule has 0 spiro atoms. The summed E-state index contributed by atoms with van der Waals surface area (Å²) in [5, 5.41) is 0. The second-order valence-electron chi connectivity index (χ2n) is 7.23. The highest BCUT2D eigenvalue weighted by molar-refractivity contribution is 6.60. The van der Waals surface area contributed by atoms with Gasteiger partial charge in [0.2, 0.25) is 0 Å². The number of rotatable bonds is 6.